The number of rotatable bonds is 5. The number of nitriles is 1. The molecule has 1 atom stereocenters. The van der Waals surface area contributed by atoms with Crippen LogP contribution in [0.15, 0.2) is 22.7 Å². The molecular formula is C20H19BrN2O4S. The van der Waals surface area contributed by atoms with Gasteiger partial charge in [0.25, 0.3) is 5.91 Å². The molecule has 1 aliphatic rings. The first-order valence-corrected chi connectivity index (χ1v) is 10.4. The summed E-state index contributed by atoms with van der Waals surface area (Å²) in [4.78, 5) is 25.7. The fourth-order valence-corrected chi connectivity index (χ4v) is 4.90. The standard InChI is InChI=1S/C20H19BrN2O4S/c1-11-3-5-13-15(9-22)19(28-17(13)7-11)23-18(24)10-27-20(25)14-8-12(26-2)4-6-16(14)21/h4,6,8,11H,3,5,7,10H2,1-2H3,(H,23,24). The maximum Gasteiger partial charge on any atom is 0.339 e. The Morgan fingerprint density at radius 2 is 2.21 bits per heavy atom. The van der Waals surface area contributed by atoms with Crippen LogP contribution in [0.1, 0.15) is 39.7 Å². The van der Waals surface area contributed by atoms with Gasteiger partial charge in [-0.25, -0.2) is 4.79 Å². The fourth-order valence-electron chi connectivity index (χ4n) is 3.12. The normalized spacial score (nSPS) is 15.3. The van der Waals surface area contributed by atoms with Gasteiger partial charge in [-0.15, -0.1) is 11.3 Å². The minimum atomic E-state index is -0.638. The predicted octanol–water partition coefficient (Wildman–Crippen LogP) is 4.31. The number of nitrogens with zero attached hydrogens (tertiary/aromatic N) is 1. The average Bonchev–Trinajstić information content (AvgIpc) is 3.02. The summed E-state index contributed by atoms with van der Waals surface area (Å²) in [5.41, 5.74) is 1.84. The molecule has 3 rings (SSSR count). The lowest BCUT2D eigenvalue weighted by molar-refractivity contribution is -0.119. The average molecular weight is 463 g/mol. The second-order valence-corrected chi connectivity index (χ2v) is 8.60. The molecule has 0 bridgehead atoms. The highest BCUT2D eigenvalue weighted by Crippen LogP contribution is 2.39. The van der Waals surface area contributed by atoms with Gasteiger partial charge >= 0.3 is 5.97 Å². The van der Waals surface area contributed by atoms with Gasteiger partial charge in [-0.05, 0) is 64.9 Å². The molecule has 1 aromatic heterocycles. The molecule has 0 spiro atoms. The van der Waals surface area contributed by atoms with E-state index in [2.05, 4.69) is 34.2 Å². The number of thiophene rings is 1. The predicted molar refractivity (Wildman–Crippen MR) is 110 cm³/mol. The summed E-state index contributed by atoms with van der Waals surface area (Å²) in [7, 11) is 1.50. The van der Waals surface area contributed by atoms with Gasteiger partial charge in [0, 0.05) is 9.35 Å². The number of halogens is 1. The third kappa shape index (κ3) is 4.37. The molecule has 0 radical (unpaired) electrons. The van der Waals surface area contributed by atoms with E-state index in [0.717, 1.165) is 29.7 Å². The van der Waals surface area contributed by atoms with Crippen molar-refractivity contribution >= 4 is 44.1 Å². The molecule has 0 saturated heterocycles. The Morgan fingerprint density at radius 1 is 1.43 bits per heavy atom. The van der Waals surface area contributed by atoms with Crippen LogP contribution < -0.4 is 10.1 Å². The maximum absolute atomic E-state index is 12.3. The monoisotopic (exact) mass is 462 g/mol. The van der Waals surface area contributed by atoms with Crippen LogP contribution in [0.25, 0.3) is 0 Å². The maximum atomic E-state index is 12.3. The summed E-state index contributed by atoms with van der Waals surface area (Å²) < 4.78 is 10.8. The smallest absolute Gasteiger partial charge is 0.339 e. The van der Waals surface area contributed by atoms with Crippen LogP contribution in [0.5, 0.6) is 5.75 Å². The van der Waals surface area contributed by atoms with Crippen molar-refractivity contribution < 1.29 is 19.1 Å². The zero-order valence-corrected chi connectivity index (χ0v) is 17.9. The molecule has 1 amide bonds. The van der Waals surface area contributed by atoms with Crippen molar-refractivity contribution in [3.05, 3.63) is 44.2 Å². The molecule has 1 heterocycles. The van der Waals surface area contributed by atoms with Gasteiger partial charge in [-0.2, -0.15) is 5.26 Å². The lowest BCUT2D eigenvalue weighted by atomic mass is 9.89. The van der Waals surface area contributed by atoms with Gasteiger partial charge in [0.2, 0.25) is 0 Å². The molecule has 1 aromatic carbocycles. The molecule has 0 fully saturated rings. The Morgan fingerprint density at radius 3 is 2.93 bits per heavy atom. The number of benzene rings is 1. The van der Waals surface area contributed by atoms with Crippen LogP contribution in [-0.2, 0) is 22.4 Å². The first kappa shape index (κ1) is 20.4. The topological polar surface area (TPSA) is 88.4 Å². The van der Waals surface area contributed by atoms with Crippen molar-refractivity contribution in [2.24, 2.45) is 5.92 Å². The van der Waals surface area contributed by atoms with Crippen molar-refractivity contribution in [2.75, 3.05) is 19.0 Å². The van der Waals surface area contributed by atoms with E-state index in [9.17, 15) is 14.9 Å². The quantitative estimate of drug-likeness (QED) is 0.668. The third-order valence-electron chi connectivity index (χ3n) is 4.60. The molecule has 146 valence electrons. The molecule has 2 aromatic rings. The number of esters is 1. The molecule has 1 aliphatic carbocycles. The largest absolute Gasteiger partial charge is 0.497 e. The number of nitrogens with one attached hydrogen (secondary N) is 1. The third-order valence-corrected chi connectivity index (χ3v) is 6.47. The van der Waals surface area contributed by atoms with E-state index in [0.29, 0.717) is 26.7 Å². The summed E-state index contributed by atoms with van der Waals surface area (Å²) in [6, 6.07) is 7.11. The van der Waals surface area contributed by atoms with Gasteiger partial charge in [0.1, 0.15) is 16.8 Å². The van der Waals surface area contributed by atoms with Crippen LogP contribution >= 0.6 is 27.3 Å². The molecule has 1 N–H and O–H groups in total. The van der Waals surface area contributed by atoms with Crippen LogP contribution in [0, 0.1) is 17.2 Å². The van der Waals surface area contributed by atoms with E-state index in [4.69, 9.17) is 9.47 Å². The van der Waals surface area contributed by atoms with Crippen molar-refractivity contribution in [2.45, 2.75) is 26.2 Å². The summed E-state index contributed by atoms with van der Waals surface area (Å²) in [5.74, 6) is -0.0311. The lowest BCUT2D eigenvalue weighted by Gasteiger charge is -2.17. The highest BCUT2D eigenvalue weighted by molar-refractivity contribution is 9.10. The molecular weight excluding hydrogens is 444 g/mol. The molecule has 0 aliphatic heterocycles. The van der Waals surface area contributed by atoms with E-state index < -0.39 is 18.5 Å². The minimum absolute atomic E-state index is 0.269. The van der Waals surface area contributed by atoms with Crippen LogP contribution in [-0.4, -0.2) is 25.6 Å². The Labute approximate surface area is 175 Å². The first-order chi connectivity index (χ1) is 13.4. The summed E-state index contributed by atoms with van der Waals surface area (Å²) in [6.45, 7) is 1.75. The van der Waals surface area contributed by atoms with E-state index >= 15 is 0 Å². The number of hydrogen-bond donors (Lipinski definition) is 1. The number of carbonyl (C=O) groups excluding carboxylic acids is 2. The Bertz CT molecular complexity index is 964. The molecule has 0 saturated carbocycles. The van der Waals surface area contributed by atoms with Gasteiger partial charge in [0.15, 0.2) is 6.61 Å². The summed E-state index contributed by atoms with van der Waals surface area (Å²) in [5, 5.41) is 12.7. The summed E-state index contributed by atoms with van der Waals surface area (Å²) in [6.07, 6.45) is 2.81. The number of amides is 1. The second-order valence-electron chi connectivity index (χ2n) is 6.64. The molecule has 1 unspecified atom stereocenters. The van der Waals surface area contributed by atoms with E-state index in [-0.39, 0.29) is 5.56 Å². The van der Waals surface area contributed by atoms with Gasteiger partial charge in [-0.3, -0.25) is 4.79 Å². The van der Waals surface area contributed by atoms with E-state index in [1.165, 1.54) is 24.5 Å². The molecule has 8 heteroatoms. The zero-order chi connectivity index (χ0) is 20.3. The van der Waals surface area contributed by atoms with Gasteiger partial charge in [-0.1, -0.05) is 6.92 Å². The fraction of sp³-hybridized carbons (Fsp3) is 0.350. The van der Waals surface area contributed by atoms with Crippen molar-refractivity contribution in [3.63, 3.8) is 0 Å². The highest BCUT2D eigenvalue weighted by Gasteiger charge is 2.25. The van der Waals surface area contributed by atoms with E-state index in [1.807, 2.05) is 0 Å². The van der Waals surface area contributed by atoms with Crippen LogP contribution in [0.4, 0.5) is 5.00 Å². The second kappa shape index (κ2) is 8.76. The number of fused-ring (bicyclic) bond motifs is 1. The minimum Gasteiger partial charge on any atom is -0.497 e. The first-order valence-electron chi connectivity index (χ1n) is 8.78. The van der Waals surface area contributed by atoms with Gasteiger partial charge < -0.3 is 14.8 Å². The van der Waals surface area contributed by atoms with Crippen LogP contribution in [0.3, 0.4) is 0 Å². The van der Waals surface area contributed by atoms with Crippen molar-refractivity contribution in [1.82, 2.24) is 0 Å². The Hall–Kier alpha value is -2.37. The number of hydrogen-bond acceptors (Lipinski definition) is 6. The summed E-state index contributed by atoms with van der Waals surface area (Å²) >= 11 is 4.72. The molecule has 28 heavy (non-hydrogen) atoms. The van der Waals surface area contributed by atoms with Crippen molar-refractivity contribution in [3.8, 4) is 11.8 Å². The number of ether oxygens (including phenoxy) is 2. The number of anilines is 1. The van der Waals surface area contributed by atoms with E-state index in [1.54, 1.807) is 12.1 Å². The SMILES string of the molecule is COc1ccc(Br)c(C(=O)OCC(=O)Nc2sc3c(c2C#N)CCC(C)C3)c1. The zero-order valence-electron chi connectivity index (χ0n) is 15.5. The number of carbonyl (C=O) groups is 2. The number of methoxy groups -OCH3 is 1. The molecule has 6 nitrogen and oxygen atoms in total. The highest BCUT2D eigenvalue weighted by atomic mass is 79.9. The Kier molecular flexibility index (Phi) is 6.37. The Balaban J connectivity index is 1.65. The van der Waals surface area contributed by atoms with Gasteiger partial charge in [0.05, 0.1) is 18.2 Å². The lowest BCUT2D eigenvalue weighted by Crippen LogP contribution is -2.21. The van der Waals surface area contributed by atoms with Crippen molar-refractivity contribution in [1.29, 1.82) is 5.26 Å². The van der Waals surface area contributed by atoms with Crippen LogP contribution in [0.2, 0.25) is 0 Å².